The molecule has 0 aliphatic heterocycles. The molecule has 0 atom stereocenters. The van der Waals surface area contributed by atoms with Crippen molar-refractivity contribution in [3.05, 3.63) is 17.8 Å². The third-order valence-corrected chi connectivity index (χ3v) is 1.55. The standard InChI is InChI=1S/C7H4ClF3N2O2/c8-6(14)3-2-13-5(1-4(3)12)15-7(9,10)11/h1-2H,(H2,12,13). The molecule has 0 saturated carbocycles. The van der Waals surface area contributed by atoms with E-state index in [0.717, 1.165) is 12.3 Å². The lowest BCUT2D eigenvalue weighted by molar-refractivity contribution is -0.276. The number of ether oxygens (including phenoxy) is 1. The minimum Gasteiger partial charge on any atom is -0.398 e. The first-order valence-electron chi connectivity index (χ1n) is 3.50. The van der Waals surface area contributed by atoms with E-state index < -0.39 is 17.5 Å². The van der Waals surface area contributed by atoms with Crippen molar-refractivity contribution in [1.29, 1.82) is 0 Å². The van der Waals surface area contributed by atoms with Gasteiger partial charge in [0.2, 0.25) is 5.88 Å². The lowest BCUT2D eigenvalue weighted by Crippen LogP contribution is -2.18. The topological polar surface area (TPSA) is 65.2 Å². The SMILES string of the molecule is Nc1cc(OC(F)(F)F)ncc1C(=O)Cl. The number of nitrogens with two attached hydrogens (primary N) is 1. The van der Waals surface area contributed by atoms with Gasteiger partial charge < -0.3 is 10.5 Å². The molecule has 1 rings (SSSR count). The fourth-order valence-electron chi connectivity index (χ4n) is 0.789. The predicted molar refractivity (Wildman–Crippen MR) is 45.5 cm³/mol. The molecule has 0 bridgehead atoms. The van der Waals surface area contributed by atoms with Crippen LogP contribution in [-0.4, -0.2) is 16.6 Å². The summed E-state index contributed by atoms with van der Waals surface area (Å²) in [6.07, 6.45) is -4.04. The molecule has 0 saturated heterocycles. The zero-order valence-corrected chi connectivity index (χ0v) is 7.76. The Kier molecular flexibility index (Phi) is 3.04. The molecule has 0 aliphatic carbocycles. The Morgan fingerprint density at radius 2 is 2.13 bits per heavy atom. The summed E-state index contributed by atoms with van der Waals surface area (Å²) in [5, 5.41) is -0.904. The van der Waals surface area contributed by atoms with Crippen LogP contribution in [-0.2, 0) is 0 Å². The van der Waals surface area contributed by atoms with Crippen LogP contribution in [0.25, 0.3) is 0 Å². The molecule has 0 amide bonds. The number of nitrogens with zero attached hydrogens (tertiary/aromatic N) is 1. The number of carbonyl (C=O) groups is 1. The largest absolute Gasteiger partial charge is 0.574 e. The number of hydrogen-bond acceptors (Lipinski definition) is 4. The summed E-state index contributed by atoms with van der Waals surface area (Å²) < 4.78 is 38.7. The first kappa shape index (κ1) is 11.6. The molecule has 1 aromatic heterocycles. The summed E-state index contributed by atoms with van der Waals surface area (Å²) in [4.78, 5) is 13.9. The van der Waals surface area contributed by atoms with Gasteiger partial charge >= 0.3 is 6.36 Å². The Morgan fingerprint density at radius 3 is 2.53 bits per heavy atom. The van der Waals surface area contributed by atoms with E-state index in [1.807, 2.05) is 0 Å². The van der Waals surface area contributed by atoms with Crippen LogP contribution in [0, 0.1) is 0 Å². The van der Waals surface area contributed by atoms with E-state index in [2.05, 4.69) is 9.72 Å². The zero-order valence-electron chi connectivity index (χ0n) is 7.01. The molecule has 0 unspecified atom stereocenters. The quantitative estimate of drug-likeness (QED) is 0.803. The van der Waals surface area contributed by atoms with Crippen molar-refractivity contribution >= 4 is 22.5 Å². The maximum Gasteiger partial charge on any atom is 0.574 e. The third-order valence-electron chi connectivity index (χ3n) is 1.34. The van der Waals surface area contributed by atoms with Gasteiger partial charge in [0.15, 0.2) is 0 Å². The van der Waals surface area contributed by atoms with Crippen molar-refractivity contribution in [1.82, 2.24) is 4.98 Å². The molecule has 8 heteroatoms. The van der Waals surface area contributed by atoms with Crippen molar-refractivity contribution in [2.24, 2.45) is 0 Å². The summed E-state index contributed by atoms with van der Waals surface area (Å²) in [5.41, 5.74) is 4.84. The van der Waals surface area contributed by atoms with Crippen LogP contribution in [0.3, 0.4) is 0 Å². The van der Waals surface area contributed by atoms with Crippen LogP contribution < -0.4 is 10.5 Å². The van der Waals surface area contributed by atoms with Crippen LogP contribution in [0.2, 0.25) is 0 Å². The Balaban J connectivity index is 2.97. The maximum atomic E-state index is 11.7. The Bertz CT molecular complexity index is 394. The van der Waals surface area contributed by atoms with Crippen molar-refractivity contribution < 1.29 is 22.7 Å². The van der Waals surface area contributed by atoms with E-state index in [9.17, 15) is 18.0 Å². The van der Waals surface area contributed by atoms with Gasteiger partial charge in [-0.3, -0.25) is 4.79 Å². The second kappa shape index (κ2) is 3.93. The fourth-order valence-corrected chi connectivity index (χ4v) is 0.947. The second-order valence-corrected chi connectivity index (χ2v) is 2.77. The molecule has 0 aromatic carbocycles. The molecular weight excluding hydrogens is 237 g/mol. The van der Waals surface area contributed by atoms with Crippen molar-refractivity contribution in [3.8, 4) is 5.88 Å². The van der Waals surface area contributed by atoms with Gasteiger partial charge in [0.05, 0.1) is 11.3 Å². The lowest BCUT2D eigenvalue weighted by atomic mass is 10.2. The number of anilines is 1. The van der Waals surface area contributed by atoms with Gasteiger partial charge in [-0.05, 0) is 11.6 Å². The van der Waals surface area contributed by atoms with Gasteiger partial charge in [0, 0.05) is 12.3 Å². The highest BCUT2D eigenvalue weighted by Crippen LogP contribution is 2.24. The minimum atomic E-state index is -4.86. The molecule has 1 heterocycles. The second-order valence-electron chi connectivity index (χ2n) is 2.43. The van der Waals surface area contributed by atoms with Crippen LogP contribution in [0.15, 0.2) is 12.3 Å². The normalized spacial score (nSPS) is 11.2. The molecule has 0 fully saturated rings. The summed E-state index contributed by atoms with van der Waals surface area (Å²) in [6, 6.07) is 0.767. The van der Waals surface area contributed by atoms with Gasteiger partial charge in [0.25, 0.3) is 5.24 Å². The molecule has 0 radical (unpaired) electrons. The van der Waals surface area contributed by atoms with E-state index >= 15 is 0 Å². The maximum absolute atomic E-state index is 11.7. The predicted octanol–water partition coefficient (Wildman–Crippen LogP) is 1.94. The zero-order chi connectivity index (χ0) is 11.6. The van der Waals surface area contributed by atoms with Gasteiger partial charge in [-0.25, -0.2) is 4.98 Å². The average Bonchev–Trinajstić information content (AvgIpc) is 1.99. The Labute approximate surface area is 86.8 Å². The van der Waals surface area contributed by atoms with Gasteiger partial charge in [-0.2, -0.15) is 0 Å². The van der Waals surface area contributed by atoms with E-state index in [-0.39, 0.29) is 11.3 Å². The van der Waals surface area contributed by atoms with E-state index in [1.54, 1.807) is 0 Å². The number of halogens is 4. The van der Waals surface area contributed by atoms with Crippen LogP contribution >= 0.6 is 11.6 Å². The van der Waals surface area contributed by atoms with E-state index in [0.29, 0.717) is 0 Å². The summed E-state index contributed by atoms with van der Waals surface area (Å²) in [7, 11) is 0. The van der Waals surface area contributed by atoms with Crippen molar-refractivity contribution in [2.45, 2.75) is 6.36 Å². The van der Waals surface area contributed by atoms with Crippen LogP contribution in [0.5, 0.6) is 5.88 Å². The van der Waals surface area contributed by atoms with Gasteiger partial charge in [0.1, 0.15) is 0 Å². The lowest BCUT2D eigenvalue weighted by Gasteiger charge is -2.08. The number of hydrogen-bond donors (Lipinski definition) is 1. The average molecular weight is 241 g/mol. The molecule has 15 heavy (non-hydrogen) atoms. The molecule has 4 nitrogen and oxygen atoms in total. The molecule has 0 aliphatic rings. The van der Waals surface area contributed by atoms with E-state index in [1.165, 1.54) is 0 Å². The highest BCUT2D eigenvalue weighted by Gasteiger charge is 2.32. The Hall–Kier alpha value is -1.50. The molecule has 1 aromatic rings. The number of rotatable bonds is 2. The molecular formula is C7H4ClF3N2O2. The summed E-state index contributed by atoms with van der Waals surface area (Å²) in [5.74, 6) is -0.748. The number of carbonyl (C=O) groups excluding carboxylic acids is 1. The molecule has 82 valence electrons. The van der Waals surface area contributed by atoms with Crippen LogP contribution in [0.4, 0.5) is 18.9 Å². The monoisotopic (exact) mass is 240 g/mol. The number of nitrogen functional groups attached to an aromatic ring is 1. The molecule has 2 N–H and O–H groups in total. The number of alkyl halides is 3. The van der Waals surface area contributed by atoms with E-state index in [4.69, 9.17) is 17.3 Å². The minimum absolute atomic E-state index is 0.175. The Morgan fingerprint density at radius 1 is 1.53 bits per heavy atom. The fraction of sp³-hybridized carbons (Fsp3) is 0.143. The highest BCUT2D eigenvalue weighted by molar-refractivity contribution is 6.68. The first-order valence-corrected chi connectivity index (χ1v) is 3.88. The summed E-state index contributed by atoms with van der Waals surface area (Å²) in [6.45, 7) is 0. The molecule has 0 spiro atoms. The highest BCUT2D eigenvalue weighted by atomic mass is 35.5. The van der Waals surface area contributed by atoms with Crippen LogP contribution in [0.1, 0.15) is 10.4 Å². The van der Waals surface area contributed by atoms with Crippen molar-refractivity contribution in [2.75, 3.05) is 5.73 Å². The number of pyridine rings is 1. The smallest absolute Gasteiger partial charge is 0.398 e. The summed E-state index contributed by atoms with van der Waals surface area (Å²) >= 11 is 5.07. The first-order chi connectivity index (χ1) is 6.79. The van der Waals surface area contributed by atoms with Crippen molar-refractivity contribution in [3.63, 3.8) is 0 Å². The third kappa shape index (κ3) is 3.28. The number of aromatic nitrogens is 1. The van der Waals surface area contributed by atoms with Gasteiger partial charge in [-0.15, -0.1) is 13.2 Å². The van der Waals surface area contributed by atoms with Gasteiger partial charge in [-0.1, -0.05) is 0 Å².